The number of esters is 1. The molecular weight excluding hydrogens is 448 g/mol. The number of nitrogens with zero attached hydrogens (tertiary/aromatic N) is 4. The van der Waals surface area contributed by atoms with E-state index in [1.807, 2.05) is 6.92 Å². The molecule has 1 saturated heterocycles. The highest BCUT2D eigenvalue weighted by Gasteiger charge is 2.33. The van der Waals surface area contributed by atoms with Gasteiger partial charge in [0.25, 0.3) is 5.56 Å². The van der Waals surface area contributed by atoms with E-state index in [2.05, 4.69) is 10.3 Å². The number of aromatic nitrogens is 3. The lowest BCUT2D eigenvalue weighted by Gasteiger charge is -2.32. The van der Waals surface area contributed by atoms with Crippen LogP contribution < -0.4 is 10.3 Å². The molecular formula is C22H24N4O6S. The van der Waals surface area contributed by atoms with Crippen LogP contribution in [0.1, 0.15) is 36.5 Å². The van der Waals surface area contributed by atoms with Crippen molar-refractivity contribution >= 4 is 26.9 Å². The number of sulfonamides is 1. The Morgan fingerprint density at radius 2 is 1.97 bits per heavy atom. The molecule has 0 bridgehead atoms. The van der Waals surface area contributed by atoms with Gasteiger partial charge < -0.3 is 9.47 Å². The monoisotopic (exact) mass is 472 g/mol. The number of carbonyl (C=O) groups is 1. The molecule has 2 aromatic carbocycles. The van der Waals surface area contributed by atoms with Gasteiger partial charge in [-0.1, -0.05) is 23.8 Å². The molecule has 0 N–H and O–H groups in total. The van der Waals surface area contributed by atoms with Crippen molar-refractivity contribution < 1.29 is 22.7 Å². The summed E-state index contributed by atoms with van der Waals surface area (Å²) in [5, 5.41) is 8.07. The SMILES string of the molecule is COc1ccc(C(=O)OCn2nnc3ccccc3c2=O)cc1S(=O)(=O)N1CCCC[C@@H]1C. The Hall–Kier alpha value is -3.31. The second-order valence-electron chi connectivity index (χ2n) is 7.80. The van der Waals surface area contributed by atoms with Crippen LogP contribution in [-0.4, -0.2) is 53.4 Å². The summed E-state index contributed by atoms with van der Waals surface area (Å²) in [5.41, 5.74) is -0.00617. The predicted octanol–water partition coefficient (Wildman–Crippen LogP) is 2.18. The van der Waals surface area contributed by atoms with Crippen molar-refractivity contribution in [1.82, 2.24) is 19.3 Å². The van der Waals surface area contributed by atoms with Gasteiger partial charge in [0.15, 0.2) is 6.73 Å². The number of carbonyl (C=O) groups excluding carboxylic acids is 1. The van der Waals surface area contributed by atoms with E-state index >= 15 is 0 Å². The van der Waals surface area contributed by atoms with Crippen molar-refractivity contribution in [3.05, 3.63) is 58.4 Å². The van der Waals surface area contributed by atoms with Crippen molar-refractivity contribution in [2.24, 2.45) is 0 Å². The third-order valence-corrected chi connectivity index (χ3v) is 7.71. The number of ether oxygens (including phenoxy) is 2. The molecule has 0 spiro atoms. The van der Waals surface area contributed by atoms with Crippen LogP contribution in [0, 0.1) is 0 Å². The Balaban J connectivity index is 1.59. The van der Waals surface area contributed by atoms with Crippen LogP contribution in [0.4, 0.5) is 0 Å². The van der Waals surface area contributed by atoms with Gasteiger partial charge in [0.1, 0.15) is 16.2 Å². The molecule has 2 heterocycles. The topological polar surface area (TPSA) is 121 Å². The number of piperidine rings is 1. The van der Waals surface area contributed by atoms with Gasteiger partial charge in [-0.3, -0.25) is 4.79 Å². The number of hydrogen-bond donors (Lipinski definition) is 0. The molecule has 1 aromatic heterocycles. The van der Waals surface area contributed by atoms with Crippen molar-refractivity contribution in [2.45, 2.75) is 43.9 Å². The number of hydrogen-bond acceptors (Lipinski definition) is 8. The first-order valence-electron chi connectivity index (χ1n) is 10.5. The van der Waals surface area contributed by atoms with Gasteiger partial charge in [-0.15, -0.1) is 5.10 Å². The van der Waals surface area contributed by atoms with Crippen LogP contribution in [-0.2, 0) is 21.5 Å². The fourth-order valence-corrected chi connectivity index (χ4v) is 5.75. The fourth-order valence-electron chi connectivity index (χ4n) is 3.87. The highest BCUT2D eigenvalue weighted by atomic mass is 32.2. The lowest BCUT2D eigenvalue weighted by atomic mass is 10.1. The van der Waals surface area contributed by atoms with Crippen LogP contribution in [0.25, 0.3) is 10.9 Å². The second-order valence-corrected chi connectivity index (χ2v) is 9.66. The van der Waals surface area contributed by atoms with Gasteiger partial charge in [-0.05, 0) is 50.1 Å². The summed E-state index contributed by atoms with van der Waals surface area (Å²) < 4.78 is 39.5. The van der Waals surface area contributed by atoms with Gasteiger partial charge in [0.05, 0.1) is 18.1 Å². The highest BCUT2D eigenvalue weighted by Crippen LogP contribution is 2.31. The third kappa shape index (κ3) is 4.46. The standard InChI is InChI=1S/C22H24N4O6S/c1-15-7-5-6-12-26(15)33(29,30)20-13-16(10-11-19(20)31-2)22(28)32-14-25-21(27)17-8-3-4-9-18(17)23-24-25/h3-4,8-11,13,15H,5-7,12,14H2,1-2H3/t15-/m0/s1. The zero-order chi connectivity index (χ0) is 23.6. The van der Waals surface area contributed by atoms with Crippen LogP contribution in [0.2, 0.25) is 0 Å². The molecule has 174 valence electrons. The van der Waals surface area contributed by atoms with E-state index < -0.39 is 28.3 Å². The fraction of sp³-hybridized carbons (Fsp3) is 0.364. The average molecular weight is 473 g/mol. The van der Waals surface area contributed by atoms with Gasteiger partial charge in [0, 0.05) is 12.6 Å². The highest BCUT2D eigenvalue weighted by molar-refractivity contribution is 7.89. The van der Waals surface area contributed by atoms with E-state index in [9.17, 15) is 18.0 Å². The molecule has 4 rings (SSSR count). The first kappa shape index (κ1) is 22.9. The van der Waals surface area contributed by atoms with Gasteiger partial charge in [0.2, 0.25) is 10.0 Å². The first-order chi connectivity index (χ1) is 15.8. The minimum atomic E-state index is -3.89. The summed E-state index contributed by atoms with van der Waals surface area (Å²) >= 11 is 0. The molecule has 33 heavy (non-hydrogen) atoms. The van der Waals surface area contributed by atoms with Crippen LogP contribution in [0.3, 0.4) is 0 Å². The number of methoxy groups -OCH3 is 1. The van der Waals surface area contributed by atoms with Gasteiger partial charge in [-0.2, -0.15) is 8.99 Å². The molecule has 1 aliphatic rings. The van der Waals surface area contributed by atoms with E-state index in [0.717, 1.165) is 23.9 Å². The maximum atomic E-state index is 13.3. The largest absolute Gasteiger partial charge is 0.495 e. The Bertz CT molecular complexity index is 1350. The minimum absolute atomic E-state index is 0.0147. The van der Waals surface area contributed by atoms with Crippen LogP contribution in [0.5, 0.6) is 5.75 Å². The molecule has 3 aromatic rings. The number of benzene rings is 2. The van der Waals surface area contributed by atoms with Gasteiger partial charge in [-0.25, -0.2) is 13.2 Å². The normalized spacial score (nSPS) is 17.1. The van der Waals surface area contributed by atoms with Crippen LogP contribution in [0.15, 0.2) is 52.2 Å². The van der Waals surface area contributed by atoms with E-state index in [0.29, 0.717) is 17.4 Å². The summed E-state index contributed by atoms with van der Waals surface area (Å²) in [6.07, 6.45) is 2.51. The zero-order valence-electron chi connectivity index (χ0n) is 18.3. The average Bonchev–Trinajstić information content (AvgIpc) is 2.83. The summed E-state index contributed by atoms with van der Waals surface area (Å²) in [4.78, 5) is 25.1. The third-order valence-electron chi connectivity index (χ3n) is 5.68. The number of fused-ring (bicyclic) bond motifs is 1. The Kier molecular flexibility index (Phi) is 6.43. The lowest BCUT2D eigenvalue weighted by molar-refractivity contribution is 0.0335. The Morgan fingerprint density at radius 3 is 2.73 bits per heavy atom. The summed E-state index contributed by atoms with van der Waals surface area (Å²) in [6.45, 7) is 1.81. The molecule has 1 aliphatic heterocycles. The molecule has 1 fully saturated rings. The minimum Gasteiger partial charge on any atom is -0.495 e. The smallest absolute Gasteiger partial charge is 0.339 e. The maximum Gasteiger partial charge on any atom is 0.339 e. The number of rotatable bonds is 6. The summed E-state index contributed by atoms with van der Waals surface area (Å²) in [5.74, 6) is -0.663. The second kappa shape index (κ2) is 9.28. The van der Waals surface area contributed by atoms with E-state index in [1.54, 1.807) is 24.3 Å². The van der Waals surface area contributed by atoms with E-state index in [1.165, 1.54) is 29.6 Å². The first-order valence-corrected chi connectivity index (χ1v) is 12.0. The van der Waals surface area contributed by atoms with Crippen molar-refractivity contribution in [2.75, 3.05) is 13.7 Å². The summed E-state index contributed by atoms with van der Waals surface area (Å²) in [7, 11) is -2.51. The van der Waals surface area contributed by atoms with Gasteiger partial charge >= 0.3 is 5.97 Å². The van der Waals surface area contributed by atoms with E-state index in [-0.39, 0.29) is 22.3 Å². The van der Waals surface area contributed by atoms with Crippen LogP contribution >= 0.6 is 0 Å². The molecule has 10 nitrogen and oxygen atoms in total. The molecule has 0 aliphatic carbocycles. The Labute approximate surface area is 190 Å². The van der Waals surface area contributed by atoms with E-state index in [4.69, 9.17) is 9.47 Å². The Morgan fingerprint density at radius 1 is 1.18 bits per heavy atom. The molecule has 11 heteroatoms. The molecule has 0 unspecified atom stereocenters. The molecule has 0 radical (unpaired) electrons. The summed E-state index contributed by atoms with van der Waals surface area (Å²) in [6, 6.07) is 10.6. The zero-order valence-corrected chi connectivity index (χ0v) is 19.1. The van der Waals surface area contributed by atoms with Crippen molar-refractivity contribution in [3.8, 4) is 5.75 Å². The molecule has 1 atom stereocenters. The quantitative estimate of drug-likeness (QED) is 0.501. The molecule has 0 saturated carbocycles. The van der Waals surface area contributed by atoms with Crippen molar-refractivity contribution in [1.29, 1.82) is 0 Å². The van der Waals surface area contributed by atoms with Crippen molar-refractivity contribution in [3.63, 3.8) is 0 Å². The predicted molar refractivity (Wildman–Crippen MR) is 119 cm³/mol. The maximum absolute atomic E-state index is 13.3. The molecule has 0 amide bonds. The lowest BCUT2D eigenvalue weighted by Crippen LogP contribution is -2.42.